The molecule has 0 heterocycles. The zero-order chi connectivity index (χ0) is 52.2. The molecule has 8 heteroatoms. The van der Waals surface area contributed by atoms with Gasteiger partial charge in [-0.2, -0.15) is 36.2 Å². The van der Waals surface area contributed by atoms with Crippen molar-refractivity contribution in [1.29, 1.82) is 0 Å². The molecule has 1 atom stereocenters. The molecule has 0 bridgehead atoms. The molecule has 1 unspecified atom stereocenters. The van der Waals surface area contributed by atoms with Crippen LogP contribution in [0.15, 0.2) is 24.3 Å². The van der Waals surface area contributed by atoms with Crippen molar-refractivity contribution in [2.24, 2.45) is 54.8 Å². The van der Waals surface area contributed by atoms with Gasteiger partial charge in [-0.1, -0.05) is 185 Å². The van der Waals surface area contributed by atoms with Gasteiger partial charge < -0.3 is 26.8 Å². The van der Waals surface area contributed by atoms with Crippen LogP contribution >= 0.6 is 36.2 Å². The molecule has 0 saturated heterocycles. The number of phenols is 1. The number of benzene rings is 1. The molecule has 0 fully saturated rings. The Morgan fingerprint density at radius 1 is 0.524 bits per heavy atom. The number of hydrogen-bond donors (Lipinski definition) is 6. The molecule has 0 aromatic heterocycles. The van der Waals surface area contributed by atoms with E-state index in [9.17, 15) is 0 Å². The minimum absolute atomic E-state index is 0.0556. The summed E-state index contributed by atoms with van der Waals surface area (Å²) >= 11 is 7.94. The molecule has 63 heavy (non-hydrogen) atoms. The maximum atomic E-state index is 9.05. The minimum atomic E-state index is -0.201. The Bertz CT molecular complexity index is 1040. The molecular formula is C55H120N2O3S3. The Morgan fingerprint density at radius 3 is 1.02 bits per heavy atom. The summed E-state index contributed by atoms with van der Waals surface area (Å²) in [5, 5.41) is 26.3. The van der Waals surface area contributed by atoms with Crippen LogP contribution in [0.3, 0.4) is 0 Å². The summed E-state index contributed by atoms with van der Waals surface area (Å²) in [4.78, 5) is 0. The fourth-order valence-corrected chi connectivity index (χ4v) is 5.18. The average Bonchev–Trinajstić information content (AvgIpc) is 3.06. The topological polar surface area (TPSA) is 113 Å². The average molecular weight is 954 g/mol. The van der Waals surface area contributed by atoms with Crippen LogP contribution in [0.25, 0.3) is 0 Å². The number of thiol groups is 1. The van der Waals surface area contributed by atoms with Gasteiger partial charge >= 0.3 is 0 Å². The number of rotatable bonds is 9. The summed E-state index contributed by atoms with van der Waals surface area (Å²) in [5.41, 5.74) is 14.9. The van der Waals surface area contributed by atoms with E-state index in [1.807, 2.05) is 77.2 Å². The quantitative estimate of drug-likeness (QED) is 0.108. The van der Waals surface area contributed by atoms with Crippen LogP contribution in [0.1, 0.15) is 217 Å². The number of unbranched alkanes of at least 4 members (excludes halogenated alkanes) is 1. The highest BCUT2D eigenvalue weighted by Crippen LogP contribution is 2.23. The first kappa shape index (κ1) is 77.1. The molecule has 1 aromatic rings. The number of thioether (sulfide) groups is 2. The third kappa shape index (κ3) is 101. The number of aromatic hydroxyl groups is 1. The van der Waals surface area contributed by atoms with Gasteiger partial charge in [0.05, 0.1) is 6.10 Å². The lowest BCUT2D eigenvalue weighted by molar-refractivity contribution is 0.0801. The molecule has 0 aliphatic heterocycles. The van der Waals surface area contributed by atoms with E-state index in [4.69, 9.17) is 26.8 Å². The minimum Gasteiger partial charge on any atom is -0.508 e. The molecule has 0 radical (unpaired) electrons. The van der Waals surface area contributed by atoms with Crippen LogP contribution in [-0.4, -0.2) is 70.9 Å². The molecule has 5 nitrogen and oxygen atoms in total. The number of nitrogens with two attached hydrogens (primary N) is 2. The van der Waals surface area contributed by atoms with Crippen molar-refractivity contribution in [3.8, 4) is 5.75 Å². The van der Waals surface area contributed by atoms with Gasteiger partial charge in [-0.25, -0.2) is 0 Å². The van der Waals surface area contributed by atoms with E-state index >= 15 is 0 Å². The highest BCUT2D eigenvalue weighted by atomic mass is 32.2. The second-order valence-electron chi connectivity index (χ2n) is 26.4. The fraction of sp³-hybridized carbons (Fsp3) is 0.891. The Labute approximate surface area is 413 Å². The number of aliphatic hydroxyl groups is 2. The first-order valence-corrected chi connectivity index (χ1v) is 27.3. The summed E-state index contributed by atoms with van der Waals surface area (Å²) in [5.74, 6) is 3.86. The second kappa shape index (κ2) is 39.9. The van der Waals surface area contributed by atoms with Crippen molar-refractivity contribution in [2.75, 3.05) is 49.5 Å². The van der Waals surface area contributed by atoms with E-state index in [1.54, 1.807) is 19.1 Å². The smallest absolute Gasteiger partial charge is 0.115 e. The first-order valence-electron chi connectivity index (χ1n) is 23.8. The van der Waals surface area contributed by atoms with Gasteiger partial charge in [0, 0.05) is 6.61 Å². The second-order valence-corrected chi connectivity index (χ2v) is 28.6. The Balaban J connectivity index is -0.000000115. The number of hydrogen-bond acceptors (Lipinski definition) is 8. The van der Waals surface area contributed by atoms with Gasteiger partial charge in [0.15, 0.2) is 0 Å². The first-order chi connectivity index (χ1) is 27.8. The van der Waals surface area contributed by atoms with Gasteiger partial charge in [0.2, 0.25) is 0 Å². The summed E-state index contributed by atoms with van der Waals surface area (Å²) < 4.78 is 0. The standard InChI is InChI=1S/C11H16O.C8H19N.C7H17N.C7H16S.C6H14O.C6H14S.C5H12O.C5H12S/c1-11(2,3)8-9-4-6-10(12)7-5-9;1-8(2,3)6-4-5-7-9;1-7(2,3)5-4-6-8;1-7(2,3)5-6-8-4;1-5(7)6(2,3)4;1-6(2,3)5-7-4;2*1-5(2,3)4-6/h4-7,12H,8H2,1-3H3;4-7,9H2,1-3H3;4-6,8H2,1-3H3;5-6H2,1-4H3;5,7H,1-4H3;5H2,1-4H3;2*6H,4H2,1-3H3. The van der Waals surface area contributed by atoms with Crippen LogP contribution in [0.4, 0.5) is 0 Å². The summed E-state index contributed by atoms with van der Waals surface area (Å²) in [7, 11) is 0. The van der Waals surface area contributed by atoms with Crippen molar-refractivity contribution < 1.29 is 15.3 Å². The molecule has 386 valence electrons. The normalized spacial score (nSPS) is 12.4. The van der Waals surface area contributed by atoms with Crippen LogP contribution in [0.5, 0.6) is 5.75 Å². The highest BCUT2D eigenvalue weighted by molar-refractivity contribution is 7.98. The Morgan fingerprint density at radius 2 is 0.857 bits per heavy atom. The SMILES string of the molecule is CC(C)(C)CCCCN.CC(C)(C)CCCN.CC(C)(C)CO.CC(C)(C)CS.CC(C)(C)Cc1ccc(O)cc1.CC(O)C(C)(C)C.CSCC(C)(C)C.CSCCC(C)(C)C. The van der Waals surface area contributed by atoms with E-state index in [1.165, 1.54) is 49.2 Å². The zero-order valence-corrected chi connectivity index (χ0v) is 50.4. The Kier molecular flexibility index (Phi) is 48.8. The molecule has 0 aliphatic carbocycles. The lowest BCUT2D eigenvalue weighted by Gasteiger charge is -2.21. The molecule has 0 aliphatic rings. The van der Waals surface area contributed by atoms with E-state index in [2.05, 4.69) is 150 Å². The van der Waals surface area contributed by atoms with E-state index in [-0.39, 0.29) is 23.5 Å². The fourth-order valence-electron chi connectivity index (χ4n) is 3.50. The van der Waals surface area contributed by atoms with Crippen molar-refractivity contribution in [1.82, 2.24) is 0 Å². The molecule has 7 N–H and O–H groups in total. The lowest BCUT2D eigenvalue weighted by atomic mass is 9.88. The van der Waals surface area contributed by atoms with Crippen LogP contribution in [-0.2, 0) is 6.42 Å². The lowest BCUT2D eigenvalue weighted by Crippen LogP contribution is -2.21. The maximum absolute atomic E-state index is 9.05. The van der Waals surface area contributed by atoms with Crippen LogP contribution in [0.2, 0.25) is 0 Å². The Hall–Kier alpha value is -0.0900. The van der Waals surface area contributed by atoms with Gasteiger partial charge in [-0.3, -0.25) is 0 Å². The van der Waals surface area contributed by atoms with E-state index < -0.39 is 0 Å². The summed E-state index contributed by atoms with van der Waals surface area (Å²) in [6.07, 6.45) is 12.6. The van der Waals surface area contributed by atoms with Crippen LogP contribution in [0, 0.1) is 43.3 Å². The molecular weight excluding hydrogens is 833 g/mol. The van der Waals surface area contributed by atoms with Gasteiger partial charge in [-0.15, -0.1) is 0 Å². The predicted octanol–water partition coefficient (Wildman–Crippen LogP) is 16.5. The van der Waals surface area contributed by atoms with E-state index in [0.29, 0.717) is 38.2 Å². The maximum Gasteiger partial charge on any atom is 0.115 e. The highest BCUT2D eigenvalue weighted by Gasteiger charge is 2.16. The van der Waals surface area contributed by atoms with Gasteiger partial charge in [-0.05, 0) is 149 Å². The van der Waals surface area contributed by atoms with Crippen molar-refractivity contribution in [2.45, 2.75) is 224 Å². The largest absolute Gasteiger partial charge is 0.508 e. The number of aliphatic hydroxyl groups excluding tert-OH is 2. The summed E-state index contributed by atoms with van der Waals surface area (Å²) in [6.45, 7) is 56.0. The third-order valence-electron chi connectivity index (χ3n) is 8.02. The predicted molar refractivity (Wildman–Crippen MR) is 303 cm³/mol. The third-order valence-corrected chi connectivity index (χ3v) is 10.7. The van der Waals surface area contributed by atoms with Gasteiger partial charge in [0.25, 0.3) is 0 Å². The molecule has 1 aromatic carbocycles. The molecule has 1 rings (SSSR count). The van der Waals surface area contributed by atoms with Crippen LogP contribution < -0.4 is 11.5 Å². The van der Waals surface area contributed by atoms with Crippen molar-refractivity contribution >= 4 is 36.2 Å². The van der Waals surface area contributed by atoms with E-state index in [0.717, 1.165) is 31.7 Å². The monoisotopic (exact) mass is 953 g/mol. The van der Waals surface area contributed by atoms with Gasteiger partial charge in [0.1, 0.15) is 5.75 Å². The molecule has 0 amide bonds. The van der Waals surface area contributed by atoms with Crippen molar-refractivity contribution in [3.05, 3.63) is 29.8 Å². The molecule has 0 saturated carbocycles. The number of phenolic OH excluding ortho intramolecular Hbond substituents is 1. The zero-order valence-electron chi connectivity index (χ0n) is 47.8. The van der Waals surface area contributed by atoms with Crippen molar-refractivity contribution in [3.63, 3.8) is 0 Å². The summed E-state index contributed by atoms with van der Waals surface area (Å²) in [6, 6.07) is 7.42. The molecule has 0 spiro atoms.